The Bertz CT molecular complexity index is 1480. The van der Waals surface area contributed by atoms with Gasteiger partial charge in [-0.25, -0.2) is 0 Å². The molecule has 0 aromatic heterocycles. The number of rotatable bonds is 54. The number of carbonyl (C=O) groups excluding carboxylic acids is 2. The van der Waals surface area contributed by atoms with Crippen LogP contribution < -0.4 is 5.32 Å². The van der Waals surface area contributed by atoms with Gasteiger partial charge in [0.2, 0.25) is 5.91 Å². The van der Waals surface area contributed by atoms with Crippen LogP contribution in [0.4, 0.5) is 0 Å². The number of esters is 1. The van der Waals surface area contributed by atoms with Gasteiger partial charge in [-0.15, -0.1) is 0 Å². The Hall–Kier alpha value is -2.64. The Morgan fingerprint density at radius 1 is 0.506 bits per heavy atom. The van der Waals surface area contributed by atoms with E-state index in [1.54, 1.807) is 6.08 Å². The first-order chi connectivity index (χ1) is 37.7. The van der Waals surface area contributed by atoms with Crippen molar-refractivity contribution in [3.05, 3.63) is 60.8 Å². The molecule has 0 aromatic carbocycles. The zero-order valence-corrected chi connectivity index (χ0v) is 49.6. The van der Waals surface area contributed by atoms with Crippen LogP contribution in [-0.2, 0) is 23.8 Å². The third kappa shape index (κ3) is 42.0. The van der Waals surface area contributed by atoms with Crippen molar-refractivity contribution in [1.82, 2.24) is 5.32 Å². The van der Waals surface area contributed by atoms with Crippen molar-refractivity contribution in [2.75, 3.05) is 13.2 Å². The lowest BCUT2D eigenvalue weighted by molar-refractivity contribution is -0.305. The van der Waals surface area contributed by atoms with Crippen molar-refractivity contribution in [2.24, 2.45) is 0 Å². The van der Waals surface area contributed by atoms with Crippen molar-refractivity contribution < 1.29 is 49.3 Å². The number of aliphatic hydroxyl groups is 5. The summed E-state index contributed by atoms with van der Waals surface area (Å²) in [7, 11) is 0. The first-order valence-electron chi connectivity index (χ1n) is 32.1. The minimum Gasteiger partial charge on any atom is -0.454 e. The van der Waals surface area contributed by atoms with Crippen LogP contribution in [0, 0.1) is 0 Å². The summed E-state index contributed by atoms with van der Waals surface area (Å²) < 4.78 is 17.6. The molecule has 1 heterocycles. The molecule has 1 aliphatic rings. The molecule has 448 valence electrons. The third-order valence-electron chi connectivity index (χ3n) is 14.9. The van der Waals surface area contributed by atoms with Gasteiger partial charge >= 0.3 is 5.97 Å². The molecular weight excluding hydrogens is 967 g/mol. The molecule has 0 bridgehead atoms. The molecule has 6 N–H and O–H groups in total. The third-order valence-corrected chi connectivity index (χ3v) is 14.9. The second kappa shape index (κ2) is 54.0. The molecule has 1 fully saturated rings. The smallest absolute Gasteiger partial charge is 0.306 e. The number of allylic oxidation sites excluding steroid dienone is 9. The first-order valence-corrected chi connectivity index (χ1v) is 32.1. The molecule has 1 amide bonds. The van der Waals surface area contributed by atoms with E-state index in [0.717, 1.165) is 77.0 Å². The van der Waals surface area contributed by atoms with Gasteiger partial charge in [0.15, 0.2) is 12.4 Å². The molecule has 0 aromatic rings. The van der Waals surface area contributed by atoms with Gasteiger partial charge in [0.1, 0.15) is 24.4 Å². The van der Waals surface area contributed by atoms with Gasteiger partial charge in [0, 0.05) is 6.42 Å². The maximum Gasteiger partial charge on any atom is 0.306 e. The van der Waals surface area contributed by atoms with E-state index >= 15 is 0 Å². The second-order valence-electron chi connectivity index (χ2n) is 22.1. The normalized spacial score (nSPS) is 19.4. The lowest BCUT2D eigenvalue weighted by Gasteiger charge is -2.41. The van der Waals surface area contributed by atoms with Crippen LogP contribution in [-0.4, -0.2) is 99.6 Å². The molecule has 11 heteroatoms. The van der Waals surface area contributed by atoms with Crippen molar-refractivity contribution in [3.8, 4) is 0 Å². The van der Waals surface area contributed by atoms with E-state index in [1.807, 2.05) is 6.08 Å². The van der Waals surface area contributed by atoms with Gasteiger partial charge in [-0.05, 0) is 89.9 Å². The van der Waals surface area contributed by atoms with Crippen LogP contribution in [0.5, 0.6) is 0 Å². The van der Waals surface area contributed by atoms with Crippen molar-refractivity contribution >= 4 is 11.9 Å². The highest BCUT2D eigenvalue weighted by molar-refractivity contribution is 5.80. The molecule has 0 radical (unpaired) electrons. The highest BCUT2D eigenvalue weighted by atomic mass is 16.7. The Balaban J connectivity index is 2.63. The zero-order valence-electron chi connectivity index (χ0n) is 49.6. The number of ether oxygens (including phenoxy) is 3. The number of unbranched alkanes of at least 4 members (excludes halogenated alkanes) is 32. The van der Waals surface area contributed by atoms with Gasteiger partial charge in [0.05, 0.1) is 25.4 Å². The fourth-order valence-electron chi connectivity index (χ4n) is 9.77. The van der Waals surface area contributed by atoms with Gasteiger partial charge in [0.25, 0.3) is 0 Å². The van der Waals surface area contributed by atoms with Gasteiger partial charge in [-0.1, -0.05) is 248 Å². The summed E-state index contributed by atoms with van der Waals surface area (Å²) in [6.07, 6.45) is 56.9. The molecule has 8 unspecified atom stereocenters. The van der Waals surface area contributed by atoms with E-state index in [-0.39, 0.29) is 19.4 Å². The second-order valence-corrected chi connectivity index (χ2v) is 22.1. The maximum atomic E-state index is 13.4. The number of aliphatic hydroxyl groups excluding tert-OH is 5. The zero-order chi connectivity index (χ0) is 56.1. The van der Waals surface area contributed by atoms with Gasteiger partial charge in [-0.3, -0.25) is 9.59 Å². The predicted molar refractivity (Wildman–Crippen MR) is 320 cm³/mol. The largest absolute Gasteiger partial charge is 0.454 e. The fraction of sp³-hybridized carbons (Fsp3) is 0.818. The Labute approximate surface area is 471 Å². The summed E-state index contributed by atoms with van der Waals surface area (Å²) in [5, 5.41) is 57.0. The summed E-state index contributed by atoms with van der Waals surface area (Å²) >= 11 is 0. The lowest BCUT2D eigenvalue weighted by atomic mass is 9.99. The average Bonchev–Trinajstić information content (AvgIpc) is 3.43. The fourth-order valence-corrected chi connectivity index (χ4v) is 9.77. The minimum absolute atomic E-state index is 0.116. The standard InChI is InChI=1S/C66H119NO10/c1-4-7-10-13-16-19-22-25-26-27-28-29-30-31-32-33-34-36-39-42-45-48-51-54-61(71)77-64-63(73)62(72)60(55-68)76-66(64)75-56-57(58(69)52-49-46-43-40-38-35-23-20-17-14-11-8-5-2)67-65(74)59(70)53-50-47-44-41-37-24-21-18-15-12-9-6-3/h16,19,25-26,28-29,37,41,49,52,57-60,62-64,66,68-70,72-73H,4-15,17-18,20-24,27,30-36,38-40,42-48,50-51,53-56H2,1-3H3,(H,67,74)/b19-16-,26-25-,29-28-,41-37-,52-49+. The topological polar surface area (TPSA) is 175 Å². The molecule has 8 atom stereocenters. The summed E-state index contributed by atoms with van der Waals surface area (Å²) in [4.78, 5) is 26.5. The maximum absolute atomic E-state index is 13.4. The van der Waals surface area contributed by atoms with Crippen LogP contribution in [0.3, 0.4) is 0 Å². The van der Waals surface area contributed by atoms with Crippen LogP contribution in [0.1, 0.15) is 284 Å². The number of amides is 1. The highest BCUT2D eigenvalue weighted by Gasteiger charge is 2.47. The summed E-state index contributed by atoms with van der Waals surface area (Å²) in [6.45, 7) is 5.75. The molecular formula is C66H119NO10. The van der Waals surface area contributed by atoms with E-state index < -0.39 is 67.4 Å². The number of hydrogen-bond acceptors (Lipinski definition) is 10. The Kier molecular flexibility index (Phi) is 50.7. The molecule has 1 aliphatic heterocycles. The van der Waals surface area contributed by atoms with E-state index in [1.165, 1.54) is 161 Å². The molecule has 1 rings (SSSR count). The molecule has 0 saturated carbocycles. The SMILES string of the molecule is CCCCC/C=C\C/C=C\C/C=C\CCCCCCCCCCCCC(=O)OC1C(OCC(NC(=O)C(O)CCCC/C=C\CCCCCCCC)C(O)/C=C/CCCCCCCCCCCCC)OC(CO)C(O)C1O. The molecule has 0 aliphatic carbocycles. The number of hydrogen-bond donors (Lipinski definition) is 6. The van der Waals surface area contributed by atoms with Gasteiger partial charge in [-0.2, -0.15) is 0 Å². The predicted octanol–water partition coefficient (Wildman–Crippen LogP) is 15.4. The van der Waals surface area contributed by atoms with Crippen LogP contribution in [0.15, 0.2) is 60.8 Å². The summed E-state index contributed by atoms with van der Waals surface area (Å²) in [5.74, 6) is -1.21. The summed E-state index contributed by atoms with van der Waals surface area (Å²) in [5.41, 5.74) is 0. The van der Waals surface area contributed by atoms with Crippen LogP contribution in [0.25, 0.3) is 0 Å². The number of nitrogens with one attached hydrogen (secondary N) is 1. The van der Waals surface area contributed by atoms with Crippen LogP contribution in [0.2, 0.25) is 0 Å². The molecule has 0 spiro atoms. The number of carbonyl (C=O) groups is 2. The monoisotopic (exact) mass is 1090 g/mol. The van der Waals surface area contributed by atoms with Crippen molar-refractivity contribution in [2.45, 2.75) is 333 Å². The minimum atomic E-state index is -1.62. The summed E-state index contributed by atoms with van der Waals surface area (Å²) in [6, 6.07) is -1.03. The Morgan fingerprint density at radius 2 is 0.896 bits per heavy atom. The van der Waals surface area contributed by atoms with E-state index in [2.05, 4.69) is 74.7 Å². The average molecular weight is 1090 g/mol. The molecule has 1 saturated heterocycles. The first kappa shape index (κ1) is 72.4. The quantitative estimate of drug-likeness (QED) is 0.0195. The van der Waals surface area contributed by atoms with Crippen LogP contribution >= 0.6 is 0 Å². The van der Waals surface area contributed by atoms with E-state index in [0.29, 0.717) is 12.8 Å². The lowest BCUT2D eigenvalue weighted by Crippen LogP contribution is -2.61. The molecule has 77 heavy (non-hydrogen) atoms. The van der Waals surface area contributed by atoms with E-state index in [4.69, 9.17) is 14.2 Å². The highest BCUT2D eigenvalue weighted by Crippen LogP contribution is 2.26. The molecule has 11 nitrogen and oxygen atoms in total. The van der Waals surface area contributed by atoms with Crippen molar-refractivity contribution in [1.29, 1.82) is 0 Å². The van der Waals surface area contributed by atoms with E-state index in [9.17, 15) is 35.1 Å². The van der Waals surface area contributed by atoms with Gasteiger partial charge < -0.3 is 45.1 Å². The Morgan fingerprint density at radius 3 is 1.38 bits per heavy atom. The van der Waals surface area contributed by atoms with Crippen molar-refractivity contribution in [3.63, 3.8) is 0 Å².